The molecule has 2 saturated heterocycles. The maximum absolute atomic E-state index is 12.9. The molecule has 0 aliphatic carbocycles. The predicted molar refractivity (Wildman–Crippen MR) is 116 cm³/mol. The number of ether oxygens (including phenoxy) is 1. The lowest BCUT2D eigenvalue weighted by Crippen LogP contribution is -2.35. The van der Waals surface area contributed by atoms with Crippen LogP contribution in [-0.2, 0) is 16.1 Å². The Hall–Kier alpha value is -1.63. The van der Waals surface area contributed by atoms with Gasteiger partial charge in [-0.3, -0.25) is 9.69 Å². The highest BCUT2D eigenvalue weighted by Crippen LogP contribution is 2.35. The second kappa shape index (κ2) is 7.78. The van der Waals surface area contributed by atoms with Gasteiger partial charge in [-0.15, -0.1) is 0 Å². The summed E-state index contributed by atoms with van der Waals surface area (Å²) in [7, 11) is 0. The predicted octanol–water partition coefficient (Wildman–Crippen LogP) is 4.68. The van der Waals surface area contributed by atoms with Gasteiger partial charge < -0.3 is 9.30 Å². The lowest BCUT2D eigenvalue weighted by Gasteiger charge is -2.18. The van der Waals surface area contributed by atoms with E-state index in [0.29, 0.717) is 21.7 Å². The monoisotopic (exact) mass is 400 g/mol. The first-order valence-electron chi connectivity index (χ1n) is 9.48. The number of thioether (sulfide) groups is 1. The maximum atomic E-state index is 12.9. The van der Waals surface area contributed by atoms with Crippen molar-refractivity contribution in [2.45, 2.75) is 39.3 Å². The number of aromatic nitrogens is 1. The summed E-state index contributed by atoms with van der Waals surface area (Å²) in [6.45, 7) is 6.73. The van der Waals surface area contributed by atoms with Crippen LogP contribution in [-0.4, -0.2) is 39.0 Å². The van der Waals surface area contributed by atoms with Crippen LogP contribution in [0.25, 0.3) is 17.0 Å². The molecule has 2 aliphatic rings. The zero-order valence-electron chi connectivity index (χ0n) is 15.7. The molecule has 2 aromatic rings. The van der Waals surface area contributed by atoms with E-state index >= 15 is 0 Å². The number of para-hydroxylation sites is 1. The van der Waals surface area contributed by atoms with E-state index in [4.69, 9.17) is 17.0 Å². The Labute approximate surface area is 169 Å². The van der Waals surface area contributed by atoms with Gasteiger partial charge in [0.15, 0.2) is 0 Å². The van der Waals surface area contributed by atoms with Crippen molar-refractivity contribution in [3.63, 3.8) is 0 Å². The molecule has 27 heavy (non-hydrogen) atoms. The quantitative estimate of drug-likeness (QED) is 0.539. The molecule has 1 amide bonds. The number of thiocarbonyl (C=S) groups is 1. The van der Waals surface area contributed by atoms with Crippen molar-refractivity contribution in [3.05, 3.63) is 40.9 Å². The van der Waals surface area contributed by atoms with Crippen LogP contribution >= 0.6 is 24.0 Å². The molecule has 1 aromatic carbocycles. The number of carbonyl (C=O) groups is 1. The van der Waals surface area contributed by atoms with E-state index in [0.717, 1.165) is 31.6 Å². The minimum Gasteiger partial charge on any atom is -0.376 e. The fourth-order valence-electron chi connectivity index (χ4n) is 3.73. The third-order valence-corrected chi connectivity index (χ3v) is 6.33. The smallest absolute Gasteiger partial charge is 0.266 e. The van der Waals surface area contributed by atoms with Crippen molar-refractivity contribution in [1.82, 2.24) is 9.47 Å². The van der Waals surface area contributed by atoms with Crippen LogP contribution in [0.2, 0.25) is 0 Å². The number of hydrogen-bond acceptors (Lipinski definition) is 4. The third-order valence-electron chi connectivity index (χ3n) is 4.95. The molecule has 0 N–H and O–H groups in total. The Kier molecular flexibility index (Phi) is 5.39. The molecule has 1 atom stereocenters. The average molecular weight is 401 g/mol. The molecule has 6 heteroatoms. The van der Waals surface area contributed by atoms with Crippen LogP contribution in [0.4, 0.5) is 0 Å². The number of carbonyl (C=O) groups excluding carboxylic acids is 1. The first-order valence-corrected chi connectivity index (χ1v) is 10.7. The lowest BCUT2D eigenvalue weighted by atomic mass is 10.1. The Bertz CT molecular complexity index is 910. The van der Waals surface area contributed by atoms with E-state index in [2.05, 4.69) is 42.8 Å². The van der Waals surface area contributed by atoms with Gasteiger partial charge in [-0.2, -0.15) is 0 Å². The van der Waals surface area contributed by atoms with Crippen LogP contribution in [0, 0.1) is 5.92 Å². The summed E-state index contributed by atoms with van der Waals surface area (Å²) >= 11 is 6.87. The van der Waals surface area contributed by atoms with Gasteiger partial charge >= 0.3 is 0 Å². The van der Waals surface area contributed by atoms with Crippen molar-refractivity contribution in [2.24, 2.45) is 5.92 Å². The van der Waals surface area contributed by atoms with Gasteiger partial charge in [-0.05, 0) is 30.9 Å². The van der Waals surface area contributed by atoms with E-state index in [1.165, 1.54) is 22.7 Å². The molecular weight excluding hydrogens is 376 g/mol. The first-order chi connectivity index (χ1) is 13.0. The average Bonchev–Trinajstić information content (AvgIpc) is 3.32. The number of benzene rings is 1. The highest BCUT2D eigenvalue weighted by molar-refractivity contribution is 8.26. The fraction of sp³-hybridized carbons (Fsp3) is 0.429. The van der Waals surface area contributed by atoms with E-state index < -0.39 is 0 Å². The molecule has 3 heterocycles. The molecule has 2 fully saturated rings. The van der Waals surface area contributed by atoms with Gasteiger partial charge in [-0.1, -0.05) is 56.0 Å². The maximum Gasteiger partial charge on any atom is 0.266 e. The van der Waals surface area contributed by atoms with Crippen molar-refractivity contribution >= 4 is 51.2 Å². The summed E-state index contributed by atoms with van der Waals surface area (Å²) in [5.41, 5.74) is 2.27. The number of fused-ring (bicyclic) bond motifs is 1. The molecule has 0 spiro atoms. The van der Waals surface area contributed by atoms with Crippen LogP contribution in [0.3, 0.4) is 0 Å². The summed E-state index contributed by atoms with van der Waals surface area (Å²) in [5.74, 6) is 0.555. The van der Waals surface area contributed by atoms with Crippen molar-refractivity contribution < 1.29 is 9.53 Å². The van der Waals surface area contributed by atoms with E-state index in [1.807, 2.05) is 12.1 Å². The minimum absolute atomic E-state index is 0.00110. The van der Waals surface area contributed by atoms with Crippen LogP contribution in [0.15, 0.2) is 35.4 Å². The van der Waals surface area contributed by atoms with Gasteiger partial charge in [0, 0.05) is 35.8 Å². The van der Waals surface area contributed by atoms with Crippen LogP contribution in [0.5, 0.6) is 0 Å². The number of rotatable bonds is 5. The molecule has 4 nitrogen and oxygen atoms in total. The Morgan fingerprint density at radius 3 is 2.93 bits per heavy atom. The largest absolute Gasteiger partial charge is 0.376 e. The Balaban J connectivity index is 1.63. The second-order valence-electron chi connectivity index (χ2n) is 7.58. The van der Waals surface area contributed by atoms with Crippen LogP contribution < -0.4 is 0 Å². The molecule has 0 bridgehead atoms. The van der Waals surface area contributed by atoms with Gasteiger partial charge in [-0.25, -0.2) is 0 Å². The van der Waals surface area contributed by atoms with Crippen molar-refractivity contribution in [1.29, 1.82) is 0 Å². The highest BCUT2D eigenvalue weighted by Gasteiger charge is 2.34. The van der Waals surface area contributed by atoms with Gasteiger partial charge in [0.05, 0.1) is 17.6 Å². The summed E-state index contributed by atoms with van der Waals surface area (Å²) in [5, 5.41) is 1.17. The molecule has 0 unspecified atom stereocenters. The van der Waals surface area contributed by atoms with E-state index in [9.17, 15) is 4.79 Å². The third kappa shape index (κ3) is 3.84. The SMILES string of the molecule is CC(C)Cn1cc(/C=C2\SC(=S)N(C[C@@H]3CCCO3)C2=O)c2ccccc21. The molecule has 0 saturated carbocycles. The number of nitrogens with zero attached hydrogens (tertiary/aromatic N) is 2. The molecule has 1 aromatic heterocycles. The molecule has 2 aliphatic heterocycles. The summed E-state index contributed by atoms with van der Waals surface area (Å²) in [4.78, 5) is 15.3. The van der Waals surface area contributed by atoms with Gasteiger partial charge in [0.25, 0.3) is 5.91 Å². The van der Waals surface area contributed by atoms with Gasteiger partial charge in [0.2, 0.25) is 0 Å². The van der Waals surface area contributed by atoms with Gasteiger partial charge in [0.1, 0.15) is 4.32 Å². The summed E-state index contributed by atoms with van der Waals surface area (Å²) in [6.07, 6.45) is 6.31. The van der Waals surface area contributed by atoms with E-state index in [1.54, 1.807) is 4.90 Å². The second-order valence-corrected chi connectivity index (χ2v) is 9.25. The summed E-state index contributed by atoms with van der Waals surface area (Å²) < 4.78 is 8.59. The number of amides is 1. The highest BCUT2D eigenvalue weighted by atomic mass is 32.2. The molecule has 0 radical (unpaired) electrons. The standard InChI is InChI=1S/C21H24N2O2S2/c1-14(2)11-22-12-15(17-7-3-4-8-18(17)22)10-19-20(24)23(21(26)27-19)13-16-6-5-9-25-16/h3-4,7-8,10,12,14,16H,5-6,9,11,13H2,1-2H3/b19-10-/t16-/m0/s1. The zero-order valence-corrected chi connectivity index (χ0v) is 17.3. The normalized spacial score (nSPS) is 22.1. The lowest BCUT2D eigenvalue weighted by molar-refractivity contribution is -0.123. The molecule has 4 rings (SSSR count). The number of hydrogen-bond donors (Lipinski definition) is 0. The Morgan fingerprint density at radius 2 is 2.19 bits per heavy atom. The molecular formula is C21H24N2O2S2. The first kappa shape index (κ1) is 18.7. The van der Waals surface area contributed by atoms with Crippen molar-refractivity contribution in [3.8, 4) is 0 Å². The van der Waals surface area contributed by atoms with Crippen molar-refractivity contribution in [2.75, 3.05) is 13.2 Å². The topological polar surface area (TPSA) is 34.5 Å². The minimum atomic E-state index is 0.00110. The fourth-order valence-corrected chi connectivity index (χ4v) is 4.99. The zero-order chi connectivity index (χ0) is 19.0. The molecule has 142 valence electrons. The summed E-state index contributed by atoms with van der Waals surface area (Å²) in [6, 6.07) is 8.36. The Morgan fingerprint density at radius 1 is 1.37 bits per heavy atom. The van der Waals surface area contributed by atoms with E-state index in [-0.39, 0.29) is 12.0 Å². The van der Waals surface area contributed by atoms with Crippen LogP contribution in [0.1, 0.15) is 32.3 Å².